The lowest BCUT2D eigenvalue weighted by molar-refractivity contribution is 0.246. The van der Waals surface area contributed by atoms with Crippen LogP contribution in [0.2, 0.25) is 0 Å². The molecule has 0 spiro atoms. The summed E-state index contributed by atoms with van der Waals surface area (Å²) in [5, 5.41) is 0. The Balaban J connectivity index is 2.67. The molecule has 1 nitrogen and oxygen atoms in total. The van der Waals surface area contributed by atoms with Gasteiger partial charge in [0.05, 0.1) is 6.61 Å². The number of ether oxygens (including phenoxy) is 1. The second-order valence-electron chi connectivity index (χ2n) is 3.61. The monoisotopic (exact) mass is 206 g/mol. The Morgan fingerprint density at radius 2 is 2.27 bits per heavy atom. The molecular formula is C13H15FO. The molecule has 0 N–H and O–H groups in total. The number of terminal acetylenes is 1. The zero-order valence-electron chi connectivity index (χ0n) is 9.09. The summed E-state index contributed by atoms with van der Waals surface area (Å²) in [7, 11) is 0. The summed E-state index contributed by atoms with van der Waals surface area (Å²) in [4.78, 5) is 0. The van der Waals surface area contributed by atoms with Crippen molar-refractivity contribution in [2.45, 2.75) is 20.3 Å². The normalized spacial score (nSPS) is 11.9. The Hall–Kier alpha value is -1.49. The maximum atomic E-state index is 13.4. The molecule has 0 radical (unpaired) electrons. The van der Waals surface area contributed by atoms with Crippen LogP contribution in [0.1, 0.15) is 25.8 Å². The van der Waals surface area contributed by atoms with Gasteiger partial charge in [0.2, 0.25) is 0 Å². The lowest BCUT2D eigenvalue weighted by Crippen LogP contribution is -2.08. The summed E-state index contributed by atoms with van der Waals surface area (Å²) in [5.74, 6) is 2.68. The van der Waals surface area contributed by atoms with Gasteiger partial charge in [0, 0.05) is 5.56 Å². The number of hydrogen-bond acceptors (Lipinski definition) is 1. The first-order valence-corrected chi connectivity index (χ1v) is 5.06. The summed E-state index contributed by atoms with van der Waals surface area (Å²) >= 11 is 0. The molecule has 0 aliphatic heterocycles. The number of halogens is 1. The molecule has 0 heterocycles. The highest BCUT2D eigenvalue weighted by Gasteiger charge is 2.05. The third kappa shape index (κ3) is 3.28. The molecule has 1 aromatic rings. The molecule has 1 rings (SSSR count). The maximum absolute atomic E-state index is 13.4. The Bertz CT molecular complexity index is 365. The molecular weight excluding hydrogens is 191 g/mol. The highest BCUT2D eigenvalue weighted by molar-refractivity contribution is 5.37. The second-order valence-corrected chi connectivity index (χ2v) is 3.61. The molecule has 80 valence electrons. The quantitative estimate of drug-likeness (QED) is 0.687. The fourth-order valence-electron chi connectivity index (χ4n) is 1.06. The number of benzene rings is 1. The van der Waals surface area contributed by atoms with Crippen LogP contribution in [-0.4, -0.2) is 6.61 Å². The van der Waals surface area contributed by atoms with Gasteiger partial charge in [0.15, 0.2) is 11.6 Å². The Labute approximate surface area is 90.3 Å². The van der Waals surface area contributed by atoms with E-state index in [2.05, 4.69) is 19.8 Å². The van der Waals surface area contributed by atoms with Crippen molar-refractivity contribution in [3.8, 4) is 18.1 Å². The molecule has 0 saturated carbocycles. The summed E-state index contributed by atoms with van der Waals surface area (Å²) in [6, 6.07) is 4.56. The van der Waals surface area contributed by atoms with Gasteiger partial charge in [-0.15, -0.1) is 6.42 Å². The van der Waals surface area contributed by atoms with E-state index in [1.165, 1.54) is 6.07 Å². The van der Waals surface area contributed by atoms with Crippen molar-refractivity contribution in [3.63, 3.8) is 0 Å². The third-order valence-corrected chi connectivity index (χ3v) is 2.32. The molecule has 1 aromatic carbocycles. The minimum absolute atomic E-state index is 0.273. The number of hydrogen-bond donors (Lipinski definition) is 0. The molecule has 0 saturated heterocycles. The molecule has 1 atom stereocenters. The second kappa shape index (κ2) is 5.41. The zero-order chi connectivity index (χ0) is 11.3. The largest absolute Gasteiger partial charge is 0.490 e. The van der Waals surface area contributed by atoms with Gasteiger partial charge < -0.3 is 4.74 Å². The van der Waals surface area contributed by atoms with Crippen molar-refractivity contribution in [2.24, 2.45) is 5.92 Å². The van der Waals surface area contributed by atoms with E-state index in [1.54, 1.807) is 12.1 Å². The predicted molar refractivity (Wildman–Crippen MR) is 59.3 cm³/mol. The van der Waals surface area contributed by atoms with E-state index in [4.69, 9.17) is 11.2 Å². The molecule has 15 heavy (non-hydrogen) atoms. The molecule has 0 amide bonds. The van der Waals surface area contributed by atoms with Crippen LogP contribution in [0.25, 0.3) is 0 Å². The van der Waals surface area contributed by atoms with Crippen molar-refractivity contribution in [1.29, 1.82) is 0 Å². The average Bonchev–Trinajstić information content (AvgIpc) is 2.26. The van der Waals surface area contributed by atoms with Gasteiger partial charge in [-0.05, 0) is 24.1 Å². The van der Waals surface area contributed by atoms with Gasteiger partial charge >= 0.3 is 0 Å². The Morgan fingerprint density at radius 1 is 1.53 bits per heavy atom. The summed E-state index contributed by atoms with van der Waals surface area (Å²) < 4.78 is 18.7. The minimum Gasteiger partial charge on any atom is -0.490 e. The van der Waals surface area contributed by atoms with E-state index < -0.39 is 5.82 Å². The zero-order valence-corrected chi connectivity index (χ0v) is 9.09. The highest BCUT2D eigenvalue weighted by Crippen LogP contribution is 2.18. The highest BCUT2D eigenvalue weighted by atomic mass is 19.1. The van der Waals surface area contributed by atoms with Crippen LogP contribution in [0.4, 0.5) is 4.39 Å². The molecule has 1 unspecified atom stereocenters. The fourth-order valence-corrected chi connectivity index (χ4v) is 1.06. The summed E-state index contributed by atoms with van der Waals surface area (Å²) in [6.45, 7) is 4.67. The van der Waals surface area contributed by atoms with Crippen LogP contribution in [0, 0.1) is 24.1 Å². The first-order chi connectivity index (χ1) is 7.17. The van der Waals surface area contributed by atoms with E-state index in [-0.39, 0.29) is 5.75 Å². The molecule has 0 aromatic heterocycles. The van der Waals surface area contributed by atoms with E-state index in [9.17, 15) is 4.39 Å². The van der Waals surface area contributed by atoms with Gasteiger partial charge in [-0.1, -0.05) is 26.2 Å². The standard InChI is InChI=1S/C13H15FO/c1-4-10(3)9-15-13-7-6-11(5-2)8-12(13)14/h2,6-8,10H,4,9H2,1,3H3. The van der Waals surface area contributed by atoms with Crippen molar-refractivity contribution in [2.75, 3.05) is 6.61 Å². The molecule has 0 fully saturated rings. The van der Waals surface area contributed by atoms with E-state index in [0.717, 1.165) is 6.42 Å². The Kier molecular flexibility index (Phi) is 4.17. The van der Waals surface area contributed by atoms with Crippen LogP contribution in [0.3, 0.4) is 0 Å². The van der Waals surface area contributed by atoms with Crippen LogP contribution < -0.4 is 4.74 Å². The van der Waals surface area contributed by atoms with E-state index >= 15 is 0 Å². The molecule has 0 aliphatic rings. The van der Waals surface area contributed by atoms with E-state index in [1.807, 2.05) is 0 Å². The van der Waals surface area contributed by atoms with Crippen LogP contribution in [0.5, 0.6) is 5.75 Å². The summed E-state index contributed by atoms with van der Waals surface area (Å²) in [6.07, 6.45) is 6.17. The first kappa shape index (κ1) is 11.6. The van der Waals surface area contributed by atoms with Crippen LogP contribution >= 0.6 is 0 Å². The topological polar surface area (TPSA) is 9.23 Å². The lowest BCUT2D eigenvalue weighted by Gasteiger charge is -2.11. The fraction of sp³-hybridized carbons (Fsp3) is 0.385. The van der Waals surface area contributed by atoms with Crippen LogP contribution in [-0.2, 0) is 0 Å². The average molecular weight is 206 g/mol. The van der Waals surface area contributed by atoms with Crippen molar-refractivity contribution in [3.05, 3.63) is 29.6 Å². The van der Waals surface area contributed by atoms with Gasteiger partial charge in [0.25, 0.3) is 0 Å². The molecule has 2 heteroatoms. The van der Waals surface area contributed by atoms with E-state index in [0.29, 0.717) is 18.1 Å². The predicted octanol–water partition coefficient (Wildman–Crippen LogP) is 3.23. The first-order valence-electron chi connectivity index (χ1n) is 5.06. The van der Waals surface area contributed by atoms with Gasteiger partial charge in [-0.3, -0.25) is 0 Å². The van der Waals surface area contributed by atoms with Gasteiger partial charge in [-0.2, -0.15) is 0 Å². The third-order valence-electron chi connectivity index (χ3n) is 2.32. The lowest BCUT2D eigenvalue weighted by atomic mass is 10.1. The minimum atomic E-state index is -0.395. The van der Waals surface area contributed by atoms with Crippen molar-refractivity contribution < 1.29 is 9.13 Å². The van der Waals surface area contributed by atoms with Gasteiger partial charge in [0.1, 0.15) is 0 Å². The molecule has 0 aliphatic carbocycles. The smallest absolute Gasteiger partial charge is 0.166 e. The SMILES string of the molecule is C#Cc1ccc(OCC(C)CC)c(F)c1. The van der Waals surface area contributed by atoms with Crippen LogP contribution in [0.15, 0.2) is 18.2 Å². The molecule has 0 bridgehead atoms. The van der Waals surface area contributed by atoms with Crippen molar-refractivity contribution >= 4 is 0 Å². The number of rotatable bonds is 4. The van der Waals surface area contributed by atoms with Gasteiger partial charge in [-0.25, -0.2) is 4.39 Å². The van der Waals surface area contributed by atoms with Crippen molar-refractivity contribution in [1.82, 2.24) is 0 Å². The maximum Gasteiger partial charge on any atom is 0.166 e. The Morgan fingerprint density at radius 3 is 2.80 bits per heavy atom. The summed E-state index contributed by atoms with van der Waals surface area (Å²) in [5.41, 5.74) is 0.531.